The molecule has 6 heteroatoms. The first-order valence-corrected chi connectivity index (χ1v) is 7.62. The minimum absolute atomic E-state index is 0.159. The Morgan fingerprint density at radius 3 is 2.63 bits per heavy atom. The maximum absolute atomic E-state index is 12.4. The first kappa shape index (κ1) is 14.5. The summed E-state index contributed by atoms with van der Waals surface area (Å²) < 4.78 is 2.62. The van der Waals surface area contributed by atoms with Gasteiger partial charge < -0.3 is 4.90 Å². The zero-order valence-corrected chi connectivity index (χ0v) is 13.1. The van der Waals surface area contributed by atoms with Gasteiger partial charge >= 0.3 is 0 Å². The van der Waals surface area contributed by atoms with E-state index in [1.807, 2.05) is 18.0 Å². The molecule has 1 fully saturated rings. The van der Waals surface area contributed by atoms with Crippen molar-refractivity contribution >= 4 is 21.8 Å². The number of hydrogen-bond donors (Lipinski definition) is 0. The summed E-state index contributed by atoms with van der Waals surface area (Å²) in [6.07, 6.45) is 4.73. The summed E-state index contributed by atoms with van der Waals surface area (Å²) in [7, 11) is 0. The second-order valence-corrected chi connectivity index (χ2v) is 5.90. The topological polar surface area (TPSA) is 41.4 Å². The summed E-state index contributed by atoms with van der Waals surface area (Å²) in [5.74, 6) is 0.159. The molecule has 1 aromatic heterocycles. The summed E-state index contributed by atoms with van der Waals surface area (Å²) in [6, 6.07) is -0.232. The highest BCUT2D eigenvalue weighted by Crippen LogP contribution is 2.15. The number of nitrogens with zero attached hydrogens (tertiary/aromatic N) is 4. The number of hydrogen-bond acceptors (Lipinski definition) is 3. The summed E-state index contributed by atoms with van der Waals surface area (Å²) in [5.41, 5.74) is 0. The zero-order valence-electron chi connectivity index (χ0n) is 11.5. The molecule has 0 saturated carbocycles. The van der Waals surface area contributed by atoms with Crippen LogP contribution in [-0.2, 0) is 4.79 Å². The molecule has 19 heavy (non-hydrogen) atoms. The quantitative estimate of drug-likeness (QED) is 0.845. The van der Waals surface area contributed by atoms with Crippen LogP contribution in [0.3, 0.4) is 0 Å². The van der Waals surface area contributed by atoms with Gasteiger partial charge in [-0.05, 0) is 35.8 Å². The van der Waals surface area contributed by atoms with Crippen LogP contribution in [0.1, 0.15) is 26.3 Å². The Labute approximate surface area is 122 Å². The van der Waals surface area contributed by atoms with E-state index in [1.54, 1.807) is 10.9 Å². The number of carbonyl (C=O) groups is 1. The molecule has 0 aromatic carbocycles. The normalized spacial score (nSPS) is 18.6. The van der Waals surface area contributed by atoms with Crippen molar-refractivity contribution in [3.8, 4) is 0 Å². The minimum Gasteiger partial charge on any atom is -0.338 e. The summed E-state index contributed by atoms with van der Waals surface area (Å²) in [4.78, 5) is 16.8. The van der Waals surface area contributed by atoms with Crippen molar-refractivity contribution in [3.05, 3.63) is 16.9 Å². The number of amides is 1. The van der Waals surface area contributed by atoms with Crippen molar-refractivity contribution in [2.75, 3.05) is 32.7 Å². The van der Waals surface area contributed by atoms with Crippen molar-refractivity contribution in [1.29, 1.82) is 0 Å². The van der Waals surface area contributed by atoms with Gasteiger partial charge in [0.25, 0.3) is 0 Å². The number of aromatic nitrogens is 2. The molecule has 2 rings (SSSR count). The lowest BCUT2D eigenvalue weighted by atomic mass is 10.2. The maximum atomic E-state index is 12.4. The molecule has 2 heterocycles. The third-order valence-electron chi connectivity index (χ3n) is 3.55. The average molecular weight is 329 g/mol. The Kier molecular flexibility index (Phi) is 4.99. The predicted octanol–water partition coefficient (Wildman–Crippen LogP) is 1.76. The first-order valence-electron chi connectivity index (χ1n) is 6.82. The molecule has 0 radical (unpaired) electrons. The molecule has 1 amide bonds. The second kappa shape index (κ2) is 6.52. The van der Waals surface area contributed by atoms with E-state index in [2.05, 4.69) is 32.9 Å². The van der Waals surface area contributed by atoms with Gasteiger partial charge in [0.05, 0.1) is 10.7 Å². The monoisotopic (exact) mass is 328 g/mol. The maximum Gasteiger partial charge on any atom is 0.247 e. The van der Waals surface area contributed by atoms with Crippen LogP contribution in [0, 0.1) is 0 Å². The zero-order chi connectivity index (χ0) is 13.8. The van der Waals surface area contributed by atoms with Crippen molar-refractivity contribution in [3.63, 3.8) is 0 Å². The van der Waals surface area contributed by atoms with E-state index in [0.717, 1.165) is 37.2 Å². The highest BCUT2D eigenvalue weighted by Gasteiger charge is 2.25. The molecule has 0 bridgehead atoms. The van der Waals surface area contributed by atoms with Crippen LogP contribution in [0.4, 0.5) is 0 Å². The van der Waals surface area contributed by atoms with Gasteiger partial charge in [-0.15, -0.1) is 0 Å². The molecule has 1 aromatic rings. The van der Waals surface area contributed by atoms with E-state index < -0.39 is 0 Å². The molecular formula is C13H21BrN4O. The van der Waals surface area contributed by atoms with Gasteiger partial charge in [0.15, 0.2) is 0 Å². The molecule has 106 valence electrons. The molecule has 1 saturated heterocycles. The van der Waals surface area contributed by atoms with E-state index >= 15 is 0 Å². The van der Waals surface area contributed by atoms with E-state index in [9.17, 15) is 4.79 Å². The third-order valence-corrected chi connectivity index (χ3v) is 3.96. The smallest absolute Gasteiger partial charge is 0.247 e. The van der Waals surface area contributed by atoms with E-state index in [0.29, 0.717) is 0 Å². The molecule has 0 spiro atoms. The van der Waals surface area contributed by atoms with Gasteiger partial charge in [0, 0.05) is 32.4 Å². The third kappa shape index (κ3) is 3.57. The van der Waals surface area contributed by atoms with Crippen molar-refractivity contribution < 1.29 is 4.79 Å². The highest BCUT2D eigenvalue weighted by molar-refractivity contribution is 9.10. The van der Waals surface area contributed by atoms with Gasteiger partial charge in [0.1, 0.15) is 6.04 Å². The fraction of sp³-hybridized carbons (Fsp3) is 0.692. The second-order valence-electron chi connectivity index (χ2n) is 4.98. The van der Waals surface area contributed by atoms with Gasteiger partial charge in [-0.3, -0.25) is 14.4 Å². The summed E-state index contributed by atoms with van der Waals surface area (Å²) in [5, 5.41) is 4.19. The molecule has 0 unspecified atom stereocenters. The molecule has 1 aliphatic rings. The van der Waals surface area contributed by atoms with Crippen LogP contribution in [0.2, 0.25) is 0 Å². The van der Waals surface area contributed by atoms with E-state index in [4.69, 9.17) is 0 Å². The summed E-state index contributed by atoms with van der Waals surface area (Å²) in [6.45, 7) is 8.83. The number of piperazine rings is 1. The van der Waals surface area contributed by atoms with E-state index in [-0.39, 0.29) is 11.9 Å². The minimum atomic E-state index is -0.232. The van der Waals surface area contributed by atoms with Crippen LogP contribution >= 0.6 is 15.9 Å². The van der Waals surface area contributed by atoms with Gasteiger partial charge in [0.2, 0.25) is 5.91 Å². The van der Waals surface area contributed by atoms with Crippen LogP contribution in [0.15, 0.2) is 16.9 Å². The Morgan fingerprint density at radius 1 is 1.42 bits per heavy atom. The fourth-order valence-corrected chi connectivity index (χ4v) is 2.71. The van der Waals surface area contributed by atoms with Crippen molar-refractivity contribution in [2.45, 2.75) is 26.3 Å². The predicted molar refractivity (Wildman–Crippen MR) is 77.9 cm³/mol. The SMILES string of the molecule is CCCN1CCN(C(=O)[C@@H](C)n2cc(Br)cn2)CC1. The molecule has 0 aliphatic carbocycles. The molecule has 0 N–H and O–H groups in total. The largest absolute Gasteiger partial charge is 0.338 e. The van der Waals surface area contributed by atoms with Crippen LogP contribution < -0.4 is 0 Å². The Balaban J connectivity index is 1.90. The number of rotatable bonds is 4. The lowest BCUT2D eigenvalue weighted by molar-refractivity contribution is -0.136. The lowest BCUT2D eigenvalue weighted by Crippen LogP contribution is -2.50. The van der Waals surface area contributed by atoms with Crippen molar-refractivity contribution in [2.24, 2.45) is 0 Å². The number of halogens is 1. The fourth-order valence-electron chi connectivity index (χ4n) is 2.41. The first-order chi connectivity index (χ1) is 9.11. The van der Waals surface area contributed by atoms with Gasteiger partial charge in [-0.25, -0.2) is 0 Å². The standard InChI is InChI=1S/C13H21BrN4O/c1-3-4-16-5-7-17(8-6-16)13(19)11(2)18-10-12(14)9-15-18/h9-11H,3-8H2,1-2H3/t11-/m1/s1. The van der Waals surface area contributed by atoms with E-state index in [1.165, 1.54) is 6.42 Å². The molecule has 1 aliphatic heterocycles. The average Bonchev–Trinajstić information content (AvgIpc) is 2.85. The Bertz CT molecular complexity index is 426. The van der Waals surface area contributed by atoms with Crippen LogP contribution in [0.5, 0.6) is 0 Å². The number of carbonyl (C=O) groups excluding carboxylic acids is 1. The Morgan fingerprint density at radius 2 is 2.11 bits per heavy atom. The highest BCUT2D eigenvalue weighted by atomic mass is 79.9. The molecular weight excluding hydrogens is 308 g/mol. The van der Waals surface area contributed by atoms with Crippen molar-refractivity contribution in [1.82, 2.24) is 19.6 Å². The van der Waals surface area contributed by atoms with Crippen LogP contribution in [0.25, 0.3) is 0 Å². The van der Waals surface area contributed by atoms with Gasteiger partial charge in [-0.1, -0.05) is 6.92 Å². The van der Waals surface area contributed by atoms with Crippen LogP contribution in [-0.4, -0.2) is 58.2 Å². The lowest BCUT2D eigenvalue weighted by Gasteiger charge is -2.35. The van der Waals surface area contributed by atoms with Gasteiger partial charge in [-0.2, -0.15) is 5.10 Å². The Hall–Kier alpha value is -0.880. The molecule has 1 atom stereocenters. The summed E-state index contributed by atoms with van der Waals surface area (Å²) >= 11 is 3.36. The molecule has 5 nitrogen and oxygen atoms in total.